The smallest absolute Gasteiger partial charge is 0.249 e. The van der Waals surface area contributed by atoms with E-state index in [1.807, 2.05) is 12.1 Å². The van der Waals surface area contributed by atoms with E-state index in [-0.39, 0.29) is 11.8 Å². The Morgan fingerprint density at radius 3 is 1.68 bits per heavy atom. The molecule has 0 aliphatic carbocycles. The molecule has 0 saturated carbocycles. The van der Waals surface area contributed by atoms with Gasteiger partial charge in [0.05, 0.1) is 6.20 Å². The lowest BCUT2D eigenvalue weighted by atomic mass is 10.2. The molecule has 1 aromatic heterocycles. The predicted molar refractivity (Wildman–Crippen MR) is 108 cm³/mol. The summed E-state index contributed by atoms with van der Waals surface area (Å²) >= 11 is 0. The number of benzene rings is 2. The topological polar surface area (TPSA) is 121 Å². The summed E-state index contributed by atoms with van der Waals surface area (Å²) in [6.07, 6.45) is 1.51. The molecule has 4 N–H and O–H groups in total. The molecular weight excluding hydrogens is 358 g/mol. The Kier molecular flexibility index (Phi) is 5.75. The third kappa shape index (κ3) is 5.49. The number of aromatic nitrogens is 3. The normalized spacial score (nSPS) is 10.1. The van der Waals surface area contributed by atoms with Crippen molar-refractivity contribution in [2.45, 2.75) is 13.8 Å². The zero-order valence-corrected chi connectivity index (χ0v) is 15.4. The van der Waals surface area contributed by atoms with Gasteiger partial charge in [-0.1, -0.05) is 0 Å². The summed E-state index contributed by atoms with van der Waals surface area (Å²) in [5.41, 5.74) is 2.96. The van der Waals surface area contributed by atoms with E-state index < -0.39 is 0 Å². The zero-order valence-electron chi connectivity index (χ0n) is 15.4. The number of carbonyl (C=O) groups is 2. The highest BCUT2D eigenvalue weighted by atomic mass is 16.2. The van der Waals surface area contributed by atoms with Crippen LogP contribution in [0.5, 0.6) is 0 Å². The average molecular weight is 377 g/mol. The summed E-state index contributed by atoms with van der Waals surface area (Å²) in [4.78, 5) is 26.5. The third-order valence-electron chi connectivity index (χ3n) is 3.50. The summed E-state index contributed by atoms with van der Waals surface area (Å²) in [6.45, 7) is 2.91. The molecule has 142 valence electrons. The molecule has 0 saturated heterocycles. The van der Waals surface area contributed by atoms with Crippen LogP contribution in [-0.2, 0) is 9.59 Å². The van der Waals surface area contributed by atoms with Crippen molar-refractivity contribution in [2.75, 3.05) is 21.3 Å². The molecule has 0 unspecified atom stereocenters. The maximum Gasteiger partial charge on any atom is 0.249 e. The van der Waals surface area contributed by atoms with Crippen LogP contribution in [0.2, 0.25) is 0 Å². The molecule has 0 bridgehead atoms. The van der Waals surface area contributed by atoms with Crippen molar-refractivity contribution in [3.8, 4) is 0 Å². The fraction of sp³-hybridized carbons (Fsp3) is 0.105. The fourth-order valence-corrected chi connectivity index (χ4v) is 2.37. The van der Waals surface area contributed by atoms with Crippen LogP contribution in [0.1, 0.15) is 13.8 Å². The highest BCUT2D eigenvalue weighted by molar-refractivity contribution is 5.89. The maximum absolute atomic E-state index is 11.1. The minimum Gasteiger partial charge on any atom is -0.339 e. The number of hydrogen-bond donors (Lipinski definition) is 4. The number of nitrogens with zero attached hydrogens (tertiary/aromatic N) is 3. The van der Waals surface area contributed by atoms with Gasteiger partial charge in [-0.3, -0.25) is 9.59 Å². The number of hydrogen-bond acceptors (Lipinski definition) is 7. The number of anilines is 6. The van der Waals surface area contributed by atoms with Crippen LogP contribution in [0.15, 0.2) is 54.7 Å². The summed E-state index contributed by atoms with van der Waals surface area (Å²) in [6, 6.07) is 14.4. The summed E-state index contributed by atoms with van der Waals surface area (Å²) in [5, 5.41) is 19.5. The van der Waals surface area contributed by atoms with Gasteiger partial charge in [0.1, 0.15) is 0 Å². The second-order valence-corrected chi connectivity index (χ2v) is 5.93. The highest BCUT2D eigenvalue weighted by Crippen LogP contribution is 2.20. The van der Waals surface area contributed by atoms with Crippen LogP contribution in [0.4, 0.5) is 34.5 Å². The van der Waals surface area contributed by atoms with Gasteiger partial charge in [0.25, 0.3) is 0 Å². The van der Waals surface area contributed by atoms with Crippen molar-refractivity contribution in [1.29, 1.82) is 0 Å². The van der Waals surface area contributed by atoms with E-state index in [9.17, 15) is 9.59 Å². The van der Waals surface area contributed by atoms with E-state index in [0.717, 1.165) is 11.4 Å². The van der Waals surface area contributed by atoms with Gasteiger partial charge in [0.15, 0.2) is 5.82 Å². The van der Waals surface area contributed by atoms with Gasteiger partial charge in [-0.25, -0.2) is 0 Å². The molecule has 28 heavy (non-hydrogen) atoms. The molecule has 0 aliphatic heterocycles. The molecule has 3 aromatic rings. The van der Waals surface area contributed by atoms with Crippen LogP contribution >= 0.6 is 0 Å². The second kappa shape index (κ2) is 8.58. The van der Waals surface area contributed by atoms with E-state index >= 15 is 0 Å². The number of amides is 2. The second-order valence-electron chi connectivity index (χ2n) is 5.93. The third-order valence-corrected chi connectivity index (χ3v) is 3.50. The molecule has 0 spiro atoms. The minimum absolute atomic E-state index is 0.124. The Labute approximate surface area is 161 Å². The number of carbonyl (C=O) groups excluding carboxylic acids is 2. The van der Waals surface area contributed by atoms with Gasteiger partial charge < -0.3 is 21.3 Å². The van der Waals surface area contributed by atoms with E-state index in [4.69, 9.17) is 0 Å². The Morgan fingerprint density at radius 1 is 0.714 bits per heavy atom. The Bertz CT molecular complexity index is 896. The lowest BCUT2D eigenvalue weighted by molar-refractivity contribution is -0.115. The molecule has 3 rings (SSSR count). The van der Waals surface area contributed by atoms with Crippen molar-refractivity contribution < 1.29 is 9.59 Å². The van der Waals surface area contributed by atoms with Crippen molar-refractivity contribution in [1.82, 2.24) is 15.2 Å². The quantitative estimate of drug-likeness (QED) is 0.520. The Balaban J connectivity index is 1.65. The van der Waals surface area contributed by atoms with Gasteiger partial charge in [-0.2, -0.15) is 10.1 Å². The average Bonchev–Trinajstić information content (AvgIpc) is 2.64. The van der Waals surface area contributed by atoms with E-state index in [0.29, 0.717) is 23.1 Å². The van der Waals surface area contributed by atoms with Crippen LogP contribution in [0, 0.1) is 0 Å². The Morgan fingerprint density at radius 2 is 1.18 bits per heavy atom. The van der Waals surface area contributed by atoms with Crippen molar-refractivity contribution in [2.24, 2.45) is 0 Å². The first-order chi connectivity index (χ1) is 13.5. The Hall–Kier alpha value is -4.01. The first-order valence-electron chi connectivity index (χ1n) is 8.47. The SMILES string of the molecule is CC(=O)Nc1ccc(Nc2cnnc(Nc3ccc(NC(C)=O)cc3)n2)cc1. The molecule has 0 aliphatic rings. The molecule has 0 atom stereocenters. The van der Waals surface area contributed by atoms with E-state index in [1.54, 1.807) is 36.4 Å². The lowest BCUT2D eigenvalue weighted by Gasteiger charge is -2.09. The largest absolute Gasteiger partial charge is 0.339 e. The zero-order chi connectivity index (χ0) is 19.9. The summed E-state index contributed by atoms with van der Waals surface area (Å²) < 4.78 is 0. The first-order valence-corrected chi connectivity index (χ1v) is 8.47. The molecule has 2 amide bonds. The lowest BCUT2D eigenvalue weighted by Crippen LogP contribution is -2.06. The molecule has 0 radical (unpaired) electrons. The molecule has 1 heterocycles. The monoisotopic (exact) mass is 377 g/mol. The van der Waals surface area contributed by atoms with Crippen LogP contribution in [0.25, 0.3) is 0 Å². The maximum atomic E-state index is 11.1. The summed E-state index contributed by atoms with van der Waals surface area (Å²) in [7, 11) is 0. The number of nitrogens with one attached hydrogen (secondary N) is 4. The van der Waals surface area contributed by atoms with Crippen molar-refractivity contribution in [3.05, 3.63) is 54.7 Å². The standard InChI is InChI=1S/C19H19N7O2/c1-12(27)21-14-3-7-16(8-4-14)23-18-11-20-26-19(25-18)24-17-9-5-15(6-10-17)22-13(2)28/h3-11H,1-2H3,(H,21,27)(H,22,28)(H2,23,24,25,26). The van der Waals surface area contributed by atoms with Crippen molar-refractivity contribution in [3.63, 3.8) is 0 Å². The van der Waals surface area contributed by atoms with E-state index in [2.05, 4.69) is 36.4 Å². The van der Waals surface area contributed by atoms with Gasteiger partial charge in [-0.05, 0) is 48.5 Å². The molecule has 9 heteroatoms. The van der Waals surface area contributed by atoms with Crippen LogP contribution < -0.4 is 21.3 Å². The van der Waals surface area contributed by atoms with Crippen LogP contribution in [0.3, 0.4) is 0 Å². The number of rotatable bonds is 6. The minimum atomic E-state index is -0.128. The van der Waals surface area contributed by atoms with Gasteiger partial charge in [0.2, 0.25) is 17.8 Å². The van der Waals surface area contributed by atoms with Gasteiger partial charge in [-0.15, -0.1) is 5.10 Å². The molecule has 0 fully saturated rings. The van der Waals surface area contributed by atoms with E-state index in [1.165, 1.54) is 20.0 Å². The van der Waals surface area contributed by atoms with Crippen molar-refractivity contribution >= 4 is 46.3 Å². The van der Waals surface area contributed by atoms with Gasteiger partial charge in [0, 0.05) is 36.6 Å². The molecule has 9 nitrogen and oxygen atoms in total. The van der Waals surface area contributed by atoms with Crippen LogP contribution in [-0.4, -0.2) is 27.0 Å². The first kappa shape index (κ1) is 18.8. The molecule has 2 aromatic carbocycles. The fourth-order valence-electron chi connectivity index (χ4n) is 2.37. The summed E-state index contributed by atoms with van der Waals surface area (Å²) in [5.74, 6) is 0.588. The molecular formula is C19H19N7O2. The van der Waals surface area contributed by atoms with Gasteiger partial charge >= 0.3 is 0 Å². The predicted octanol–water partition coefficient (Wildman–Crippen LogP) is 3.28. The highest BCUT2D eigenvalue weighted by Gasteiger charge is 2.04.